The lowest BCUT2D eigenvalue weighted by Crippen LogP contribution is -2.16. The number of aryl methyl sites for hydroxylation is 1. The van der Waals surface area contributed by atoms with Crippen LogP contribution in [0.5, 0.6) is 0 Å². The van der Waals surface area contributed by atoms with Crippen LogP contribution in [0.25, 0.3) is 11.0 Å². The van der Waals surface area contributed by atoms with Crippen LogP contribution < -0.4 is 5.32 Å². The van der Waals surface area contributed by atoms with Gasteiger partial charge in [-0.3, -0.25) is 0 Å². The Kier molecular flexibility index (Phi) is 4.00. The van der Waals surface area contributed by atoms with Crippen LogP contribution in [0.3, 0.4) is 0 Å². The van der Waals surface area contributed by atoms with E-state index in [1.54, 1.807) is 0 Å². The summed E-state index contributed by atoms with van der Waals surface area (Å²) in [6.45, 7) is 13.1. The van der Waals surface area contributed by atoms with Crippen molar-refractivity contribution >= 4 is 11.0 Å². The van der Waals surface area contributed by atoms with Crippen LogP contribution in [0.4, 0.5) is 0 Å². The first kappa shape index (κ1) is 14.1. The summed E-state index contributed by atoms with van der Waals surface area (Å²) in [6.07, 6.45) is 2.94. The van der Waals surface area contributed by atoms with Crippen molar-refractivity contribution in [1.82, 2.24) is 5.32 Å². The molecule has 2 aromatic rings. The second-order valence-electron chi connectivity index (χ2n) is 6.28. The Labute approximate surface area is 116 Å². The quantitative estimate of drug-likeness (QED) is 0.833. The zero-order chi connectivity index (χ0) is 14.0. The van der Waals surface area contributed by atoms with Crippen LogP contribution in [0, 0.1) is 6.92 Å². The van der Waals surface area contributed by atoms with Gasteiger partial charge in [0, 0.05) is 5.39 Å². The van der Waals surface area contributed by atoms with Gasteiger partial charge in [-0.2, -0.15) is 0 Å². The number of likely N-dealkylation sites (N-methyl/N-ethyl adjacent to an activating group) is 1. The van der Waals surface area contributed by atoms with Crippen LogP contribution >= 0.6 is 0 Å². The number of hydrogen-bond donors (Lipinski definition) is 1. The predicted molar refractivity (Wildman–Crippen MR) is 81.9 cm³/mol. The average Bonchev–Trinajstić information content (AvgIpc) is 2.72. The van der Waals surface area contributed by atoms with Crippen molar-refractivity contribution in [3.8, 4) is 0 Å². The van der Waals surface area contributed by atoms with Gasteiger partial charge in [-0.1, -0.05) is 33.8 Å². The van der Waals surface area contributed by atoms with Gasteiger partial charge in [0.05, 0.1) is 6.26 Å². The lowest BCUT2D eigenvalue weighted by molar-refractivity contribution is 0.587. The van der Waals surface area contributed by atoms with Gasteiger partial charge in [-0.25, -0.2) is 0 Å². The fourth-order valence-corrected chi connectivity index (χ4v) is 2.39. The molecule has 0 amide bonds. The normalized spacial score (nSPS) is 12.3. The van der Waals surface area contributed by atoms with Crippen molar-refractivity contribution in [2.24, 2.45) is 0 Å². The third-order valence-corrected chi connectivity index (χ3v) is 3.63. The number of hydrogen-bond acceptors (Lipinski definition) is 2. The van der Waals surface area contributed by atoms with E-state index in [0.29, 0.717) is 0 Å². The molecule has 0 saturated heterocycles. The van der Waals surface area contributed by atoms with Gasteiger partial charge in [0.1, 0.15) is 5.58 Å². The topological polar surface area (TPSA) is 25.2 Å². The van der Waals surface area contributed by atoms with Crippen molar-refractivity contribution in [3.63, 3.8) is 0 Å². The van der Waals surface area contributed by atoms with Gasteiger partial charge in [-0.05, 0) is 54.6 Å². The monoisotopic (exact) mass is 259 g/mol. The van der Waals surface area contributed by atoms with Crippen molar-refractivity contribution < 1.29 is 4.42 Å². The number of fused-ring (bicyclic) bond motifs is 1. The highest BCUT2D eigenvalue weighted by Gasteiger charge is 2.17. The molecule has 0 atom stereocenters. The van der Waals surface area contributed by atoms with Crippen molar-refractivity contribution in [2.45, 2.75) is 46.5 Å². The number of rotatable bonds is 4. The fourth-order valence-electron chi connectivity index (χ4n) is 2.39. The molecule has 2 heteroatoms. The maximum absolute atomic E-state index is 5.75. The lowest BCUT2D eigenvalue weighted by Gasteiger charge is -2.20. The molecule has 1 aromatic carbocycles. The van der Waals surface area contributed by atoms with Crippen LogP contribution in [-0.2, 0) is 11.8 Å². The maximum atomic E-state index is 5.75. The van der Waals surface area contributed by atoms with Crippen LogP contribution in [0.15, 0.2) is 22.8 Å². The van der Waals surface area contributed by atoms with Gasteiger partial charge in [-0.15, -0.1) is 0 Å². The molecule has 1 heterocycles. The molecule has 1 aromatic heterocycles. The standard InChI is InChI=1S/C17H25NO/c1-6-18-8-7-13-11-19-16-12(2)9-14(10-15(13)16)17(3,4)5/h9-11,18H,6-8H2,1-5H3. The average molecular weight is 259 g/mol. The lowest BCUT2D eigenvalue weighted by atomic mass is 9.85. The van der Waals surface area contributed by atoms with Gasteiger partial charge >= 0.3 is 0 Å². The molecule has 0 aliphatic rings. The van der Waals surface area contributed by atoms with Crippen molar-refractivity contribution in [3.05, 3.63) is 35.1 Å². The maximum Gasteiger partial charge on any atom is 0.137 e. The fraction of sp³-hybridized carbons (Fsp3) is 0.529. The molecule has 0 unspecified atom stereocenters. The van der Waals surface area contributed by atoms with E-state index in [-0.39, 0.29) is 5.41 Å². The number of furan rings is 1. The summed E-state index contributed by atoms with van der Waals surface area (Å²) in [4.78, 5) is 0. The Morgan fingerprint density at radius 1 is 1.21 bits per heavy atom. The van der Waals surface area contributed by atoms with E-state index < -0.39 is 0 Å². The molecule has 104 valence electrons. The summed E-state index contributed by atoms with van der Waals surface area (Å²) < 4.78 is 5.75. The van der Waals surface area contributed by atoms with Crippen LogP contribution in [0.2, 0.25) is 0 Å². The van der Waals surface area contributed by atoms with E-state index >= 15 is 0 Å². The number of nitrogens with one attached hydrogen (secondary N) is 1. The Balaban J connectivity index is 2.42. The summed E-state index contributed by atoms with van der Waals surface area (Å²) in [6, 6.07) is 4.55. The van der Waals surface area contributed by atoms with E-state index in [9.17, 15) is 0 Å². The van der Waals surface area contributed by atoms with Crippen LogP contribution in [-0.4, -0.2) is 13.1 Å². The summed E-state index contributed by atoms with van der Waals surface area (Å²) in [5.74, 6) is 0. The molecule has 0 aliphatic heterocycles. The van der Waals surface area contributed by atoms with Gasteiger partial charge < -0.3 is 9.73 Å². The first-order chi connectivity index (χ1) is 8.93. The Morgan fingerprint density at radius 3 is 2.58 bits per heavy atom. The highest BCUT2D eigenvalue weighted by Crippen LogP contribution is 2.31. The smallest absolute Gasteiger partial charge is 0.137 e. The predicted octanol–water partition coefficient (Wildman–Crippen LogP) is 4.19. The second kappa shape index (κ2) is 5.38. The summed E-state index contributed by atoms with van der Waals surface area (Å²) in [5, 5.41) is 4.65. The summed E-state index contributed by atoms with van der Waals surface area (Å²) in [7, 11) is 0. The largest absolute Gasteiger partial charge is 0.464 e. The molecule has 0 spiro atoms. The molecular formula is C17H25NO. The zero-order valence-corrected chi connectivity index (χ0v) is 12.8. The number of benzene rings is 1. The van der Waals surface area contributed by atoms with E-state index in [4.69, 9.17) is 4.42 Å². The second-order valence-corrected chi connectivity index (χ2v) is 6.28. The molecule has 1 N–H and O–H groups in total. The third-order valence-electron chi connectivity index (χ3n) is 3.63. The molecule has 0 saturated carbocycles. The molecule has 2 rings (SSSR count). The van der Waals surface area contributed by atoms with Crippen molar-refractivity contribution in [2.75, 3.05) is 13.1 Å². The SMILES string of the molecule is CCNCCc1coc2c(C)cc(C(C)(C)C)cc12. The highest BCUT2D eigenvalue weighted by molar-refractivity contribution is 5.85. The molecule has 0 aliphatic carbocycles. The summed E-state index contributed by atoms with van der Waals surface area (Å²) in [5.41, 5.74) is 5.14. The Morgan fingerprint density at radius 2 is 1.95 bits per heavy atom. The minimum Gasteiger partial charge on any atom is -0.464 e. The van der Waals surface area contributed by atoms with E-state index in [0.717, 1.165) is 25.1 Å². The first-order valence-electron chi connectivity index (χ1n) is 7.15. The minimum atomic E-state index is 0.176. The van der Waals surface area contributed by atoms with Crippen molar-refractivity contribution in [1.29, 1.82) is 0 Å². The Bertz CT molecular complexity index is 560. The molecule has 0 fully saturated rings. The van der Waals surface area contributed by atoms with Gasteiger partial charge in [0.2, 0.25) is 0 Å². The highest BCUT2D eigenvalue weighted by atomic mass is 16.3. The zero-order valence-electron chi connectivity index (χ0n) is 12.8. The third kappa shape index (κ3) is 3.01. The Hall–Kier alpha value is -1.28. The molecular weight excluding hydrogens is 234 g/mol. The van der Waals surface area contributed by atoms with Gasteiger partial charge in [0.25, 0.3) is 0 Å². The molecule has 0 bridgehead atoms. The van der Waals surface area contributed by atoms with E-state index in [1.807, 2.05) is 6.26 Å². The minimum absolute atomic E-state index is 0.176. The summed E-state index contributed by atoms with van der Waals surface area (Å²) >= 11 is 0. The van der Waals surface area contributed by atoms with E-state index in [2.05, 4.69) is 52.1 Å². The molecule has 2 nitrogen and oxygen atoms in total. The molecule has 19 heavy (non-hydrogen) atoms. The van der Waals surface area contributed by atoms with E-state index in [1.165, 1.54) is 22.1 Å². The van der Waals surface area contributed by atoms with Crippen LogP contribution in [0.1, 0.15) is 44.4 Å². The first-order valence-corrected chi connectivity index (χ1v) is 7.15. The van der Waals surface area contributed by atoms with Gasteiger partial charge in [0.15, 0.2) is 0 Å². The molecule has 0 radical (unpaired) electrons.